The van der Waals surface area contributed by atoms with Crippen molar-refractivity contribution < 1.29 is 9.53 Å². The number of carbonyl (C=O) groups excluding carboxylic acids is 1. The van der Waals surface area contributed by atoms with Crippen molar-refractivity contribution in [1.82, 2.24) is 0 Å². The van der Waals surface area contributed by atoms with Gasteiger partial charge in [-0.25, -0.2) is 0 Å². The van der Waals surface area contributed by atoms with E-state index in [0.29, 0.717) is 11.3 Å². The van der Waals surface area contributed by atoms with Gasteiger partial charge in [-0.3, -0.25) is 4.79 Å². The summed E-state index contributed by atoms with van der Waals surface area (Å²) in [5, 5.41) is 0. The number of fused-ring (bicyclic) bond motifs is 1. The third kappa shape index (κ3) is 0.896. The van der Waals surface area contributed by atoms with Crippen LogP contribution in [-0.2, 0) is 9.53 Å². The third-order valence-corrected chi connectivity index (χ3v) is 5.12. The van der Waals surface area contributed by atoms with Crippen LogP contribution in [0.5, 0.6) is 0 Å². The van der Waals surface area contributed by atoms with Gasteiger partial charge in [0.15, 0.2) is 0 Å². The lowest BCUT2D eigenvalue weighted by atomic mass is 9.66. The summed E-state index contributed by atoms with van der Waals surface area (Å²) >= 11 is 0. The van der Waals surface area contributed by atoms with E-state index in [4.69, 9.17) is 4.74 Å². The van der Waals surface area contributed by atoms with Gasteiger partial charge in [-0.1, -0.05) is 20.3 Å². The SMILES string of the molecule is CCC1(C)CC2OC(=O)C3CC1CC23. The molecule has 3 fully saturated rings. The van der Waals surface area contributed by atoms with Crippen molar-refractivity contribution in [2.24, 2.45) is 23.2 Å². The highest BCUT2D eigenvalue weighted by Gasteiger charge is 2.59. The van der Waals surface area contributed by atoms with Gasteiger partial charge in [0.25, 0.3) is 0 Å². The van der Waals surface area contributed by atoms with Crippen LogP contribution < -0.4 is 0 Å². The molecule has 14 heavy (non-hydrogen) atoms. The summed E-state index contributed by atoms with van der Waals surface area (Å²) in [6.07, 6.45) is 4.94. The summed E-state index contributed by atoms with van der Waals surface area (Å²) in [4.78, 5) is 11.5. The Hall–Kier alpha value is -0.530. The predicted octanol–water partition coefficient (Wildman–Crippen LogP) is 2.37. The minimum Gasteiger partial charge on any atom is -0.462 e. The fourth-order valence-electron chi connectivity index (χ4n) is 3.90. The first-order valence-electron chi connectivity index (χ1n) is 5.84. The van der Waals surface area contributed by atoms with Crippen molar-refractivity contribution >= 4 is 5.97 Å². The molecule has 5 unspecified atom stereocenters. The summed E-state index contributed by atoms with van der Waals surface area (Å²) in [6.45, 7) is 4.65. The first-order valence-corrected chi connectivity index (χ1v) is 5.84. The Morgan fingerprint density at radius 3 is 3.00 bits per heavy atom. The van der Waals surface area contributed by atoms with Gasteiger partial charge in [0.05, 0.1) is 5.92 Å². The van der Waals surface area contributed by atoms with Gasteiger partial charge in [-0.2, -0.15) is 0 Å². The lowest BCUT2D eigenvalue weighted by Gasteiger charge is -2.41. The maximum Gasteiger partial charge on any atom is 0.309 e. The maximum absolute atomic E-state index is 11.5. The monoisotopic (exact) mass is 194 g/mol. The van der Waals surface area contributed by atoms with Gasteiger partial charge in [-0.05, 0) is 30.6 Å². The van der Waals surface area contributed by atoms with E-state index in [1.807, 2.05) is 0 Å². The minimum atomic E-state index is 0.0978. The Kier molecular flexibility index (Phi) is 1.58. The van der Waals surface area contributed by atoms with Crippen molar-refractivity contribution in [1.29, 1.82) is 0 Å². The van der Waals surface area contributed by atoms with Gasteiger partial charge < -0.3 is 4.74 Å². The normalized spacial score (nSPS) is 54.9. The number of rotatable bonds is 1. The number of esters is 1. The Morgan fingerprint density at radius 2 is 2.29 bits per heavy atom. The summed E-state index contributed by atoms with van der Waals surface area (Å²) in [7, 11) is 0. The zero-order chi connectivity index (χ0) is 9.92. The molecule has 2 bridgehead atoms. The Morgan fingerprint density at radius 1 is 1.50 bits per heavy atom. The molecule has 5 atom stereocenters. The quantitative estimate of drug-likeness (QED) is 0.599. The highest BCUT2D eigenvalue weighted by Crippen LogP contribution is 2.59. The minimum absolute atomic E-state index is 0.0978. The Bertz CT molecular complexity index is 286. The average Bonchev–Trinajstić information content (AvgIpc) is 2.66. The van der Waals surface area contributed by atoms with Crippen LogP contribution in [0.1, 0.15) is 39.5 Å². The van der Waals surface area contributed by atoms with E-state index in [1.165, 1.54) is 12.8 Å². The lowest BCUT2D eigenvalue weighted by molar-refractivity contribution is -0.148. The summed E-state index contributed by atoms with van der Waals surface area (Å²) in [6, 6.07) is 0. The second kappa shape index (κ2) is 2.53. The molecule has 2 aliphatic carbocycles. The van der Waals surface area contributed by atoms with Gasteiger partial charge >= 0.3 is 5.97 Å². The second-order valence-corrected chi connectivity index (χ2v) is 5.63. The molecule has 0 spiro atoms. The van der Waals surface area contributed by atoms with Gasteiger partial charge in [0.1, 0.15) is 6.10 Å². The molecule has 1 saturated heterocycles. The lowest BCUT2D eigenvalue weighted by Crippen LogP contribution is -2.37. The fourth-order valence-corrected chi connectivity index (χ4v) is 3.90. The average molecular weight is 194 g/mol. The maximum atomic E-state index is 11.5. The van der Waals surface area contributed by atoms with Crippen molar-refractivity contribution in [3.05, 3.63) is 0 Å². The van der Waals surface area contributed by atoms with Crippen molar-refractivity contribution in [2.75, 3.05) is 0 Å². The second-order valence-electron chi connectivity index (χ2n) is 5.63. The Balaban J connectivity index is 1.94. The molecule has 3 aliphatic rings. The zero-order valence-electron chi connectivity index (χ0n) is 8.95. The van der Waals surface area contributed by atoms with E-state index < -0.39 is 0 Å². The molecule has 0 aromatic rings. The molecule has 0 aromatic heterocycles. The molecule has 2 heteroatoms. The van der Waals surface area contributed by atoms with Crippen molar-refractivity contribution in [2.45, 2.75) is 45.6 Å². The molecular formula is C12H18O2. The first kappa shape index (κ1) is 8.75. The Labute approximate surface area is 85.0 Å². The van der Waals surface area contributed by atoms with Gasteiger partial charge in [0.2, 0.25) is 0 Å². The van der Waals surface area contributed by atoms with Crippen LogP contribution >= 0.6 is 0 Å². The molecule has 0 N–H and O–H groups in total. The fraction of sp³-hybridized carbons (Fsp3) is 0.917. The molecule has 2 saturated carbocycles. The largest absolute Gasteiger partial charge is 0.462 e. The van der Waals surface area contributed by atoms with Crippen LogP contribution in [0.4, 0.5) is 0 Å². The van der Waals surface area contributed by atoms with Crippen LogP contribution in [0.2, 0.25) is 0 Å². The standard InChI is InChI=1S/C12H18O2/c1-3-12(2)6-10-8-4-7(12)5-9(8)11(13)14-10/h7-10H,3-6H2,1-2H3. The van der Waals surface area contributed by atoms with Crippen LogP contribution in [-0.4, -0.2) is 12.1 Å². The van der Waals surface area contributed by atoms with Crippen LogP contribution in [0, 0.1) is 23.2 Å². The third-order valence-electron chi connectivity index (χ3n) is 5.12. The van der Waals surface area contributed by atoms with Gasteiger partial charge in [0, 0.05) is 5.92 Å². The van der Waals surface area contributed by atoms with E-state index in [2.05, 4.69) is 13.8 Å². The van der Waals surface area contributed by atoms with E-state index in [9.17, 15) is 4.79 Å². The number of hydrogen-bond donors (Lipinski definition) is 0. The van der Waals surface area contributed by atoms with E-state index in [1.54, 1.807) is 0 Å². The van der Waals surface area contributed by atoms with Crippen molar-refractivity contribution in [3.63, 3.8) is 0 Å². The summed E-state index contributed by atoms with van der Waals surface area (Å²) < 4.78 is 5.47. The molecule has 0 amide bonds. The van der Waals surface area contributed by atoms with Crippen LogP contribution in [0.3, 0.4) is 0 Å². The molecular weight excluding hydrogens is 176 g/mol. The highest BCUT2D eigenvalue weighted by molar-refractivity contribution is 5.76. The van der Waals surface area contributed by atoms with E-state index in [-0.39, 0.29) is 18.0 Å². The van der Waals surface area contributed by atoms with E-state index >= 15 is 0 Å². The van der Waals surface area contributed by atoms with Crippen LogP contribution in [0.25, 0.3) is 0 Å². The summed E-state index contributed by atoms with van der Waals surface area (Å²) in [5.74, 6) is 1.72. The highest BCUT2D eigenvalue weighted by atomic mass is 16.6. The molecule has 0 aromatic carbocycles. The molecule has 2 nitrogen and oxygen atoms in total. The topological polar surface area (TPSA) is 26.3 Å². The molecule has 3 rings (SSSR count). The number of carbonyl (C=O) groups is 1. The molecule has 78 valence electrons. The number of ether oxygens (including phenoxy) is 1. The summed E-state index contributed by atoms with van der Waals surface area (Å²) in [5.41, 5.74) is 0.441. The zero-order valence-corrected chi connectivity index (χ0v) is 8.95. The predicted molar refractivity (Wildman–Crippen MR) is 52.6 cm³/mol. The molecule has 1 heterocycles. The first-order chi connectivity index (χ1) is 6.64. The molecule has 1 aliphatic heterocycles. The van der Waals surface area contributed by atoms with E-state index in [0.717, 1.165) is 18.8 Å². The van der Waals surface area contributed by atoms with Crippen LogP contribution in [0.15, 0.2) is 0 Å². The smallest absolute Gasteiger partial charge is 0.309 e. The molecule has 0 radical (unpaired) electrons. The number of hydrogen-bond acceptors (Lipinski definition) is 2. The van der Waals surface area contributed by atoms with Crippen molar-refractivity contribution in [3.8, 4) is 0 Å². The van der Waals surface area contributed by atoms with Gasteiger partial charge in [-0.15, -0.1) is 0 Å².